The molecule has 8 heteroatoms. The van der Waals surface area contributed by atoms with E-state index in [9.17, 15) is 4.79 Å². The van der Waals surface area contributed by atoms with Crippen LogP contribution in [0.5, 0.6) is 0 Å². The Balaban J connectivity index is 1.22. The standard InChI is InChI=1S/C21H25N7O/c22-16-4-5-17-15(12-16)2-1-3-18(17)24-21(29)14-8-10-27(11-9-14)20-7-6-19-25-23-13-28(19)26-20/h4-7,12-14,18H,1-3,8-11,22H2,(H,24,29). The normalized spacial score (nSPS) is 19.9. The molecule has 2 aromatic heterocycles. The second-order valence-corrected chi connectivity index (χ2v) is 8.00. The summed E-state index contributed by atoms with van der Waals surface area (Å²) in [6.07, 6.45) is 6.37. The quantitative estimate of drug-likeness (QED) is 0.663. The zero-order valence-electron chi connectivity index (χ0n) is 16.3. The van der Waals surface area contributed by atoms with E-state index in [-0.39, 0.29) is 17.9 Å². The maximum absolute atomic E-state index is 12.9. The molecule has 1 aromatic carbocycles. The number of nitrogens with two attached hydrogens (primary N) is 1. The zero-order chi connectivity index (χ0) is 19.8. The topological polar surface area (TPSA) is 101 Å². The third kappa shape index (κ3) is 3.50. The van der Waals surface area contributed by atoms with E-state index in [1.165, 1.54) is 11.1 Å². The number of hydrogen-bond acceptors (Lipinski definition) is 6. The van der Waals surface area contributed by atoms with Gasteiger partial charge in [0, 0.05) is 24.7 Å². The first-order chi connectivity index (χ1) is 14.2. The molecule has 1 amide bonds. The molecule has 0 radical (unpaired) electrons. The van der Waals surface area contributed by atoms with Gasteiger partial charge in [-0.25, -0.2) is 0 Å². The van der Waals surface area contributed by atoms with Crippen LogP contribution in [0.1, 0.15) is 42.9 Å². The molecule has 1 aliphatic heterocycles. The summed E-state index contributed by atoms with van der Waals surface area (Å²) < 4.78 is 1.68. The average molecular weight is 391 g/mol. The predicted molar refractivity (Wildman–Crippen MR) is 110 cm³/mol. The van der Waals surface area contributed by atoms with Gasteiger partial charge in [0.2, 0.25) is 5.91 Å². The maximum atomic E-state index is 12.9. The molecule has 3 heterocycles. The number of nitrogen functional groups attached to an aromatic ring is 1. The van der Waals surface area contributed by atoms with Gasteiger partial charge in [0.25, 0.3) is 0 Å². The van der Waals surface area contributed by atoms with Crippen LogP contribution in [-0.2, 0) is 11.2 Å². The number of rotatable bonds is 3. The van der Waals surface area contributed by atoms with Crippen molar-refractivity contribution in [3.63, 3.8) is 0 Å². The molecule has 1 aliphatic carbocycles. The van der Waals surface area contributed by atoms with Gasteiger partial charge in [0.1, 0.15) is 12.1 Å². The molecule has 1 unspecified atom stereocenters. The monoisotopic (exact) mass is 391 g/mol. The number of amides is 1. The van der Waals surface area contributed by atoms with Gasteiger partial charge in [-0.3, -0.25) is 4.79 Å². The van der Waals surface area contributed by atoms with Crippen molar-refractivity contribution in [1.82, 2.24) is 25.1 Å². The van der Waals surface area contributed by atoms with Crippen LogP contribution in [0.4, 0.5) is 11.5 Å². The van der Waals surface area contributed by atoms with Crippen molar-refractivity contribution < 1.29 is 4.79 Å². The van der Waals surface area contributed by atoms with Crippen molar-refractivity contribution in [2.45, 2.75) is 38.1 Å². The molecule has 5 rings (SSSR count). The molecular weight excluding hydrogens is 366 g/mol. The Hall–Kier alpha value is -3.16. The number of hydrogen-bond donors (Lipinski definition) is 2. The van der Waals surface area contributed by atoms with Crippen LogP contribution in [0.25, 0.3) is 5.65 Å². The van der Waals surface area contributed by atoms with Crippen molar-refractivity contribution in [3.8, 4) is 0 Å². The average Bonchev–Trinajstić information content (AvgIpc) is 3.21. The number of nitrogens with one attached hydrogen (secondary N) is 1. The van der Waals surface area contributed by atoms with Crippen LogP contribution in [0, 0.1) is 5.92 Å². The Labute approximate surface area is 169 Å². The summed E-state index contributed by atoms with van der Waals surface area (Å²) >= 11 is 0. The molecule has 8 nitrogen and oxygen atoms in total. The number of nitrogens with zero attached hydrogens (tertiary/aromatic N) is 5. The molecule has 1 saturated heterocycles. The van der Waals surface area contributed by atoms with Crippen LogP contribution in [0.15, 0.2) is 36.7 Å². The largest absolute Gasteiger partial charge is 0.399 e. The van der Waals surface area contributed by atoms with Crippen LogP contribution in [0.3, 0.4) is 0 Å². The smallest absolute Gasteiger partial charge is 0.223 e. The number of anilines is 2. The van der Waals surface area contributed by atoms with Crippen molar-refractivity contribution in [2.24, 2.45) is 5.92 Å². The van der Waals surface area contributed by atoms with Crippen molar-refractivity contribution in [3.05, 3.63) is 47.8 Å². The van der Waals surface area contributed by atoms with E-state index >= 15 is 0 Å². The Kier molecular flexibility index (Phi) is 4.54. The van der Waals surface area contributed by atoms with E-state index in [0.717, 1.165) is 62.3 Å². The second-order valence-electron chi connectivity index (χ2n) is 8.00. The van der Waals surface area contributed by atoms with Crippen LogP contribution < -0.4 is 16.0 Å². The number of piperidine rings is 1. The Morgan fingerprint density at radius 2 is 2.00 bits per heavy atom. The van der Waals surface area contributed by atoms with Gasteiger partial charge in [-0.1, -0.05) is 6.07 Å². The van der Waals surface area contributed by atoms with E-state index < -0.39 is 0 Å². The van der Waals surface area contributed by atoms with Gasteiger partial charge >= 0.3 is 0 Å². The van der Waals surface area contributed by atoms with E-state index in [0.29, 0.717) is 0 Å². The molecule has 3 aromatic rings. The summed E-state index contributed by atoms with van der Waals surface area (Å²) in [5.74, 6) is 1.11. The predicted octanol–water partition coefficient (Wildman–Crippen LogP) is 2.12. The number of carbonyl (C=O) groups is 1. The number of aromatic nitrogens is 4. The molecule has 0 saturated carbocycles. The molecule has 1 atom stereocenters. The Bertz CT molecular complexity index is 1040. The molecule has 150 valence electrons. The third-order valence-corrected chi connectivity index (χ3v) is 6.14. The highest BCUT2D eigenvalue weighted by Crippen LogP contribution is 2.32. The van der Waals surface area contributed by atoms with E-state index in [2.05, 4.69) is 31.6 Å². The Morgan fingerprint density at radius 1 is 1.14 bits per heavy atom. The molecule has 29 heavy (non-hydrogen) atoms. The highest BCUT2D eigenvalue weighted by molar-refractivity contribution is 5.79. The number of fused-ring (bicyclic) bond motifs is 2. The first-order valence-corrected chi connectivity index (χ1v) is 10.3. The Morgan fingerprint density at radius 3 is 2.86 bits per heavy atom. The second kappa shape index (κ2) is 7.35. The fraction of sp³-hybridized carbons (Fsp3) is 0.429. The van der Waals surface area contributed by atoms with Crippen LogP contribution in [-0.4, -0.2) is 38.8 Å². The van der Waals surface area contributed by atoms with Crippen molar-refractivity contribution >= 4 is 23.1 Å². The fourth-order valence-corrected chi connectivity index (χ4v) is 4.53. The van der Waals surface area contributed by atoms with Crippen LogP contribution in [0.2, 0.25) is 0 Å². The fourth-order valence-electron chi connectivity index (χ4n) is 4.53. The van der Waals surface area contributed by atoms with Gasteiger partial charge in [-0.05, 0) is 67.5 Å². The van der Waals surface area contributed by atoms with E-state index in [1.807, 2.05) is 24.3 Å². The molecule has 1 fully saturated rings. The van der Waals surface area contributed by atoms with Gasteiger partial charge in [-0.2, -0.15) is 4.52 Å². The SMILES string of the molecule is Nc1ccc2c(c1)CCCC2NC(=O)C1CCN(c2ccc3nncn3n2)CC1. The minimum Gasteiger partial charge on any atom is -0.399 e. The lowest BCUT2D eigenvalue weighted by Crippen LogP contribution is -2.42. The first kappa shape index (κ1) is 17.9. The van der Waals surface area contributed by atoms with Gasteiger partial charge in [0.05, 0.1) is 6.04 Å². The minimum absolute atomic E-state index is 0.0454. The van der Waals surface area contributed by atoms with Crippen molar-refractivity contribution in [2.75, 3.05) is 23.7 Å². The zero-order valence-corrected chi connectivity index (χ0v) is 16.3. The lowest BCUT2D eigenvalue weighted by molar-refractivity contribution is -0.126. The molecule has 0 spiro atoms. The van der Waals surface area contributed by atoms with Gasteiger partial charge in [-0.15, -0.1) is 15.3 Å². The lowest BCUT2D eigenvalue weighted by Gasteiger charge is -2.33. The minimum atomic E-state index is 0.0454. The van der Waals surface area contributed by atoms with Crippen molar-refractivity contribution in [1.29, 1.82) is 0 Å². The number of benzene rings is 1. The molecule has 0 bridgehead atoms. The molecule has 2 aliphatic rings. The number of aryl methyl sites for hydroxylation is 1. The van der Waals surface area contributed by atoms with Crippen LogP contribution >= 0.6 is 0 Å². The summed E-state index contributed by atoms with van der Waals surface area (Å²) in [6.45, 7) is 1.63. The summed E-state index contributed by atoms with van der Waals surface area (Å²) in [6, 6.07) is 10.0. The van der Waals surface area contributed by atoms with E-state index in [4.69, 9.17) is 5.73 Å². The summed E-state index contributed by atoms with van der Waals surface area (Å²) in [7, 11) is 0. The summed E-state index contributed by atoms with van der Waals surface area (Å²) in [5, 5.41) is 15.7. The first-order valence-electron chi connectivity index (χ1n) is 10.3. The lowest BCUT2D eigenvalue weighted by atomic mass is 9.86. The summed E-state index contributed by atoms with van der Waals surface area (Å²) in [5.41, 5.74) is 9.95. The van der Waals surface area contributed by atoms with E-state index in [1.54, 1.807) is 10.8 Å². The van der Waals surface area contributed by atoms with Gasteiger partial charge in [0.15, 0.2) is 5.65 Å². The number of carbonyl (C=O) groups excluding carboxylic acids is 1. The highest BCUT2D eigenvalue weighted by atomic mass is 16.2. The molecule has 3 N–H and O–H groups in total. The highest BCUT2D eigenvalue weighted by Gasteiger charge is 2.29. The summed E-state index contributed by atoms with van der Waals surface area (Å²) in [4.78, 5) is 15.2. The third-order valence-electron chi connectivity index (χ3n) is 6.14. The molecular formula is C21H25N7O. The van der Waals surface area contributed by atoms with Gasteiger partial charge < -0.3 is 16.0 Å². The maximum Gasteiger partial charge on any atom is 0.223 e.